The maximum Gasteiger partial charge on any atom is 2.00 e. The normalized spacial score (nSPS) is 10.6. The second kappa shape index (κ2) is 17.5. The topological polar surface area (TPSA) is 98.6 Å². The molecule has 0 spiro atoms. The van der Waals surface area contributed by atoms with Crippen LogP contribution >= 0.6 is 24.4 Å². The number of hydrogen-bond donors (Lipinski definition) is 4. The molecule has 0 aliphatic carbocycles. The maximum atomic E-state index is 5.02. The summed E-state index contributed by atoms with van der Waals surface area (Å²) in [5, 5.41) is 15.2. The molecule has 0 aliphatic heterocycles. The van der Waals surface area contributed by atoms with Crippen LogP contribution in [0.25, 0.3) is 0 Å². The van der Waals surface area contributed by atoms with Gasteiger partial charge in [0.1, 0.15) is 11.4 Å². The summed E-state index contributed by atoms with van der Waals surface area (Å²) in [6.07, 6.45) is 3.48. The number of thiocarbonyl (C=S) groups is 2. The molecule has 0 fully saturated rings. The third-order valence-electron chi connectivity index (χ3n) is 4.90. The van der Waals surface area contributed by atoms with Gasteiger partial charge < -0.3 is 10.6 Å². The van der Waals surface area contributed by atoms with Crippen molar-refractivity contribution in [2.24, 2.45) is 10.2 Å². The molecule has 4 rings (SSSR count). The molecule has 0 atom stereocenters. The molecule has 0 saturated heterocycles. The van der Waals surface area contributed by atoms with Gasteiger partial charge in [-0.3, -0.25) is 20.8 Å². The van der Waals surface area contributed by atoms with Crippen LogP contribution in [-0.2, 0) is 16.5 Å². The van der Waals surface area contributed by atoms with Crippen LogP contribution in [0.4, 0.5) is 0 Å². The molecular formula is C28H28N8NiS2+2. The third kappa shape index (κ3) is 10.3. The van der Waals surface area contributed by atoms with Crippen LogP contribution in [0.15, 0.2) is 120 Å². The molecule has 39 heavy (non-hydrogen) atoms. The quantitative estimate of drug-likeness (QED) is 0.115. The van der Waals surface area contributed by atoms with Crippen LogP contribution in [0.2, 0.25) is 0 Å². The molecule has 4 N–H and O–H groups in total. The molecule has 4 aromatic rings. The Hall–Kier alpha value is -4.05. The Morgan fingerprint density at radius 2 is 0.923 bits per heavy atom. The summed E-state index contributed by atoms with van der Waals surface area (Å²) >= 11 is 10.0. The van der Waals surface area contributed by atoms with Gasteiger partial charge in [0.25, 0.3) is 0 Å². The third-order valence-corrected chi connectivity index (χ3v) is 5.49. The average molecular weight is 599 g/mol. The maximum absolute atomic E-state index is 5.02. The van der Waals surface area contributed by atoms with Gasteiger partial charge in [0.05, 0.1) is 11.4 Å². The van der Waals surface area contributed by atoms with Gasteiger partial charge in [-0.05, 0) is 48.7 Å². The Morgan fingerprint density at radius 1 is 0.564 bits per heavy atom. The molecule has 0 bridgehead atoms. The zero-order valence-corrected chi connectivity index (χ0v) is 23.9. The van der Waals surface area contributed by atoms with E-state index in [0.717, 1.165) is 33.9 Å². The Bertz CT molecular complexity index is 1160. The molecule has 0 unspecified atom stereocenters. The van der Waals surface area contributed by atoms with Gasteiger partial charge >= 0.3 is 16.5 Å². The molecule has 2 heterocycles. The van der Waals surface area contributed by atoms with Gasteiger partial charge in [-0.25, -0.2) is 0 Å². The monoisotopic (exact) mass is 598 g/mol. The number of pyridine rings is 2. The minimum atomic E-state index is 0. The fourth-order valence-electron chi connectivity index (χ4n) is 3.06. The van der Waals surface area contributed by atoms with Gasteiger partial charge in [-0.1, -0.05) is 72.8 Å². The number of nitrogens with zero attached hydrogens (tertiary/aromatic N) is 4. The Balaban J connectivity index is 0.000000267. The number of hydrazone groups is 2. The Kier molecular flexibility index (Phi) is 14.0. The van der Waals surface area contributed by atoms with Gasteiger partial charge in [-0.2, -0.15) is 10.2 Å². The molecule has 0 amide bonds. The molecule has 8 nitrogen and oxygen atoms in total. The van der Waals surface area contributed by atoms with Crippen LogP contribution in [0, 0.1) is 0 Å². The van der Waals surface area contributed by atoms with Crippen molar-refractivity contribution in [3.8, 4) is 0 Å². The van der Waals surface area contributed by atoms with E-state index in [9.17, 15) is 0 Å². The number of aromatic nitrogens is 2. The fourth-order valence-corrected chi connectivity index (χ4v) is 3.15. The molecule has 2 aromatic carbocycles. The van der Waals surface area contributed by atoms with Crippen LogP contribution in [0.3, 0.4) is 0 Å². The van der Waals surface area contributed by atoms with Crippen LogP contribution in [0.5, 0.6) is 0 Å². The average Bonchev–Trinajstić information content (AvgIpc) is 2.99. The second-order valence-electron chi connectivity index (χ2n) is 7.46. The summed E-state index contributed by atoms with van der Waals surface area (Å²) in [5.41, 5.74) is 10.6. The first-order valence-corrected chi connectivity index (χ1v) is 12.5. The summed E-state index contributed by atoms with van der Waals surface area (Å²) in [6, 6.07) is 31.1. The first-order valence-electron chi connectivity index (χ1n) is 11.7. The number of benzene rings is 2. The Labute approximate surface area is 249 Å². The van der Waals surface area contributed by atoms with E-state index < -0.39 is 0 Å². The Morgan fingerprint density at radius 3 is 1.23 bits per heavy atom. The predicted molar refractivity (Wildman–Crippen MR) is 162 cm³/mol. The van der Waals surface area contributed by atoms with Crippen LogP contribution in [-0.4, -0.2) is 45.7 Å². The minimum absolute atomic E-state index is 0. The summed E-state index contributed by atoms with van der Waals surface area (Å²) in [4.78, 5) is 8.65. The standard InChI is InChI=1S/2C14H14N4S.Ni/c2*1-15-14(19)18-17-13(11-7-3-2-4-8-11)12-9-5-6-10-16-12;/h2*2-10H,1H3,(H2,15,18,19);/q;;+2. The van der Waals surface area contributed by atoms with Crippen LogP contribution in [0.1, 0.15) is 22.5 Å². The van der Waals surface area contributed by atoms with Gasteiger partial charge in [0.2, 0.25) is 0 Å². The van der Waals surface area contributed by atoms with E-state index >= 15 is 0 Å². The van der Waals surface area contributed by atoms with Gasteiger partial charge in [0, 0.05) is 37.6 Å². The van der Waals surface area contributed by atoms with Crippen molar-refractivity contribution in [2.75, 3.05) is 14.1 Å². The van der Waals surface area contributed by atoms with E-state index in [1.165, 1.54) is 0 Å². The summed E-state index contributed by atoms with van der Waals surface area (Å²) < 4.78 is 0. The second-order valence-corrected chi connectivity index (χ2v) is 8.28. The number of hydrogen-bond acceptors (Lipinski definition) is 6. The van der Waals surface area contributed by atoms with E-state index in [1.54, 1.807) is 26.5 Å². The van der Waals surface area contributed by atoms with Crippen molar-refractivity contribution >= 4 is 46.1 Å². The van der Waals surface area contributed by atoms with Gasteiger partial charge in [0.15, 0.2) is 10.2 Å². The molecular weight excluding hydrogens is 571 g/mol. The van der Waals surface area contributed by atoms with Crippen molar-refractivity contribution in [1.82, 2.24) is 31.5 Å². The molecule has 0 saturated carbocycles. The molecule has 0 radical (unpaired) electrons. The fraction of sp³-hybridized carbons (Fsp3) is 0.0714. The van der Waals surface area contributed by atoms with Crippen molar-refractivity contribution < 1.29 is 16.5 Å². The minimum Gasteiger partial charge on any atom is -0.364 e. The molecule has 2 aromatic heterocycles. The molecule has 200 valence electrons. The molecule has 0 aliphatic rings. The SMILES string of the molecule is CNC(=S)NN=C(c1ccccc1)c1ccccn1.CNC(=S)NN=C(c1ccccc1)c1ccccn1.[Ni+2]. The first-order chi connectivity index (χ1) is 18.6. The summed E-state index contributed by atoms with van der Waals surface area (Å²) in [6.45, 7) is 0. The van der Waals surface area contributed by atoms with E-state index in [-0.39, 0.29) is 16.5 Å². The van der Waals surface area contributed by atoms with Crippen LogP contribution < -0.4 is 21.5 Å². The predicted octanol–water partition coefficient (Wildman–Crippen LogP) is 3.85. The number of nitrogens with one attached hydrogen (secondary N) is 4. The van der Waals surface area contributed by atoms with Crippen molar-refractivity contribution in [3.05, 3.63) is 132 Å². The van der Waals surface area contributed by atoms with E-state index in [0.29, 0.717) is 10.2 Å². The molecule has 11 heteroatoms. The zero-order chi connectivity index (χ0) is 27.0. The van der Waals surface area contributed by atoms with Crippen molar-refractivity contribution in [1.29, 1.82) is 0 Å². The summed E-state index contributed by atoms with van der Waals surface area (Å²) in [5.74, 6) is 0. The van der Waals surface area contributed by atoms with Gasteiger partial charge in [-0.15, -0.1) is 0 Å². The van der Waals surface area contributed by atoms with E-state index in [1.807, 2.05) is 97.1 Å². The largest absolute Gasteiger partial charge is 2.00 e. The zero-order valence-electron chi connectivity index (χ0n) is 21.3. The van der Waals surface area contributed by atoms with E-state index in [2.05, 4.69) is 41.7 Å². The van der Waals surface area contributed by atoms with E-state index in [4.69, 9.17) is 24.4 Å². The van der Waals surface area contributed by atoms with Crippen molar-refractivity contribution in [3.63, 3.8) is 0 Å². The van der Waals surface area contributed by atoms with Crippen molar-refractivity contribution in [2.45, 2.75) is 0 Å². The smallest absolute Gasteiger partial charge is 0.364 e. The summed E-state index contributed by atoms with van der Waals surface area (Å²) in [7, 11) is 3.49. The first kappa shape index (κ1) is 31.2. The number of rotatable bonds is 6.